The Morgan fingerprint density at radius 2 is 2.12 bits per heavy atom. The van der Waals surface area contributed by atoms with Crippen molar-refractivity contribution in [2.45, 2.75) is 19.8 Å². The molecule has 2 atom stereocenters. The highest BCUT2D eigenvalue weighted by Gasteiger charge is 2.38. The fourth-order valence-corrected chi connectivity index (χ4v) is 2.72. The van der Waals surface area contributed by atoms with E-state index in [1.807, 2.05) is 25.1 Å². The number of nitrogens with one attached hydrogen (secondary N) is 2. The van der Waals surface area contributed by atoms with Crippen molar-refractivity contribution in [2.75, 3.05) is 11.9 Å². The summed E-state index contributed by atoms with van der Waals surface area (Å²) in [6.45, 7) is 2.39. The molecule has 1 saturated carbocycles. The van der Waals surface area contributed by atoms with Crippen molar-refractivity contribution < 1.29 is 9.59 Å². The van der Waals surface area contributed by atoms with Gasteiger partial charge >= 0.3 is 0 Å². The number of carbonyl (C=O) groups is 2. The fourth-order valence-electron chi connectivity index (χ4n) is 2.50. The third kappa shape index (κ3) is 3.94. The van der Waals surface area contributed by atoms with Gasteiger partial charge in [0.2, 0.25) is 11.8 Å². The molecule has 2 aromatic rings. The summed E-state index contributed by atoms with van der Waals surface area (Å²) in [5.74, 6) is 0.469. The molecule has 0 bridgehead atoms. The predicted molar refractivity (Wildman–Crippen MR) is 92.1 cm³/mol. The van der Waals surface area contributed by atoms with Crippen LogP contribution in [0.5, 0.6) is 0 Å². The van der Waals surface area contributed by atoms with Gasteiger partial charge in [0.05, 0.1) is 28.8 Å². The smallest absolute Gasteiger partial charge is 0.226 e. The Balaban J connectivity index is 1.48. The van der Waals surface area contributed by atoms with Gasteiger partial charge in [-0.15, -0.1) is 0 Å². The van der Waals surface area contributed by atoms with Crippen LogP contribution in [0.1, 0.15) is 19.8 Å². The zero-order valence-electron chi connectivity index (χ0n) is 13.3. The van der Waals surface area contributed by atoms with Gasteiger partial charge in [0.1, 0.15) is 0 Å². The Hall–Kier alpha value is -2.34. The Morgan fingerprint density at radius 3 is 2.83 bits per heavy atom. The minimum Gasteiger partial charge on any atom is -0.355 e. The first-order valence-corrected chi connectivity index (χ1v) is 8.29. The van der Waals surface area contributed by atoms with Crippen LogP contribution in [0.2, 0.25) is 5.02 Å². The van der Waals surface area contributed by atoms with E-state index in [1.165, 1.54) is 0 Å². The molecule has 2 amide bonds. The Morgan fingerprint density at radius 1 is 1.38 bits per heavy atom. The third-order valence-corrected chi connectivity index (χ3v) is 4.38. The van der Waals surface area contributed by atoms with Crippen molar-refractivity contribution in [1.82, 2.24) is 15.1 Å². The number of para-hydroxylation sites is 1. The first-order chi connectivity index (χ1) is 11.5. The van der Waals surface area contributed by atoms with Crippen LogP contribution in [0.25, 0.3) is 5.69 Å². The molecule has 1 aliphatic rings. The summed E-state index contributed by atoms with van der Waals surface area (Å²) in [6.07, 6.45) is 4.43. The maximum Gasteiger partial charge on any atom is 0.226 e. The molecule has 24 heavy (non-hydrogen) atoms. The molecule has 1 aromatic carbocycles. The molecule has 2 N–H and O–H groups in total. The quantitative estimate of drug-likeness (QED) is 0.844. The van der Waals surface area contributed by atoms with Crippen LogP contribution in [0.15, 0.2) is 36.7 Å². The van der Waals surface area contributed by atoms with Crippen molar-refractivity contribution >= 4 is 29.1 Å². The summed E-state index contributed by atoms with van der Waals surface area (Å²) >= 11 is 6.12. The number of hydrogen-bond donors (Lipinski definition) is 2. The van der Waals surface area contributed by atoms with E-state index in [1.54, 1.807) is 23.1 Å². The minimum absolute atomic E-state index is 0.0434. The first-order valence-electron chi connectivity index (χ1n) is 7.91. The molecule has 6 nitrogen and oxygen atoms in total. The number of benzene rings is 1. The van der Waals surface area contributed by atoms with E-state index in [-0.39, 0.29) is 24.2 Å². The zero-order valence-corrected chi connectivity index (χ0v) is 14.1. The number of amides is 2. The SMILES string of the molecule is C[C@H]1C[C@H]1C(=O)NCCC(=O)Nc1cnn(-c2ccccc2Cl)c1. The number of aromatic nitrogens is 2. The van der Waals surface area contributed by atoms with Crippen LogP contribution >= 0.6 is 11.6 Å². The number of carbonyl (C=O) groups excluding carboxylic acids is 2. The topological polar surface area (TPSA) is 76.0 Å². The molecule has 0 unspecified atom stereocenters. The Bertz CT molecular complexity index is 759. The largest absolute Gasteiger partial charge is 0.355 e. The lowest BCUT2D eigenvalue weighted by Gasteiger charge is -2.05. The zero-order chi connectivity index (χ0) is 17.1. The molecule has 7 heteroatoms. The number of halogens is 1. The summed E-state index contributed by atoms with van der Waals surface area (Å²) in [6, 6.07) is 7.33. The molecular weight excluding hydrogens is 328 g/mol. The molecule has 0 aliphatic heterocycles. The van der Waals surface area contributed by atoms with E-state index in [0.29, 0.717) is 23.2 Å². The Kier molecular flexibility index (Phi) is 4.85. The van der Waals surface area contributed by atoms with Crippen molar-refractivity contribution in [3.8, 4) is 5.69 Å². The monoisotopic (exact) mass is 346 g/mol. The maximum absolute atomic E-state index is 11.9. The molecule has 1 heterocycles. The summed E-state index contributed by atoms with van der Waals surface area (Å²) in [5.41, 5.74) is 1.33. The van der Waals surface area contributed by atoms with Gasteiger partial charge in [0, 0.05) is 18.9 Å². The average Bonchev–Trinajstić information content (AvgIpc) is 3.11. The highest BCUT2D eigenvalue weighted by atomic mass is 35.5. The van der Waals surface area contributed by atoms with Crippen molar-refractivity contribution in [2.24, 2.45) is 11.8 Å². The lowest BCUT2D eigenvalue weighted by atomic mass is 10.3. The van der Waals surface area contributed by atoms with E-state index in [0.717, 1.165) is 12.1 Å². The first kappa shape index (κ1) is 16.5. The number of nitrogens with zero attached hydrogens (tertiary/aromatic N) is 2. The van der Waals surface area contributed by atoms with Crippen LogP contribution in [-0.4, -0.2) is 28.1 Å². The van der Waals surface area contributed by atoms with E-state index in [9.17, 15) is 9.59 Å². The lowest BCUT2D eigenvalue weighted by molar-refractivity contribution is -0.122. The average molecular weight is 347 g/mol. The molecule has 0 spiro atoms. The van der Waals surface area contributed by atoms with E-state index >= 15 is 0 Å². The van der Waals surface area contributed by atoms with Crippen molar-refractivity contribution in [3.05, 3.63) is 41.7 Å². The van der Waals surface area contributed by atoms with Crippen LogP contribution < -0.4 is 10.6 Å². The van der Waals surface area contributed by atoms with Crippen molar-refractivity contribution in [1.29, 1.82) is 0 Å². The van der Waals surface area contributed by atoms with Crippen molar-refractivity contribution in [3.63, 3.8) is 0 Å². The van der Waals surface area contributed by atoms with Gasteiger partial charge < -0.3 is 10.6 Å². The summed E-state index contributed by atoms with van der Waals surface area (Å²) < 4.78 is 1.61. The van der Waals surface area contributed by atoms with Gasteiger partial charge in [-0.25, -0.2) is 4.68 Å². The third-order valence-electron chi connectivity index (χ3n) is 4.06. The normalized spacial score (nSPS) is 18.9. The summed E-state index contributed by atoms with van der Waals surface area (Å²) in [4.78, 5) is 23.6. The second kappa shape index (κ2) is 7.05. The number of hydrogen-bond acceptors (Lipinski definition) is 3. The molecule has 1 aliphatic carbocycles. The standard InChI is InChI=1S/C17H19ClN4O2/c1-11-8-13(11)17(24)19-7-6-16(23)21-12-9-20-22(10-12)15-5-3-2-4-14(15)18/h2-5,9-11,13H,6-8H2,1H3,(H,19,24)(H,21,23)/t11-,13+/m0/s1. The Labute approximate surface area is 145 Å². The van der Waals surface area contributed by atoms with Gasteiger partial charge in [0.15, 0.2) is 0 Å². The minimum atomic E-state index is -0.169. The van der Waals surface area contributed by atoms with Gasteiger partial charge in [-0.2, -0.15) is 5.10 Å². The lowest BCUT2D eigenvalue weighted by Crippen LogP contribution is -2.29. The van der Waals surface area contributed by atoms with Crippen LogP contribution in [-0.2, 0) is 9.59 Å². The molecule has 1 fully saturated rings. The molecule has 1 aromatic heterocycles. The van der Waals surface area contributed by atoms with E-state index in [2.05, 4.69) is 15.7 Å². The number of rotatable bonds is 6. The van der Waals surface area contributed by atoms with Gasteiger partial charge in [0.25, 0.3) is 0 Å². The summed E-state index contributed by atoms with van der Waals surface area (Å²) in [7, 11) is 0. The van der Waals surface area contributed by atoms with E-state index < -0.39 is 0 Å². The fraction of sp³-hybridized carbons (Fsp3) is 0.353. The van der Waals surface area contributed by atoms with Gasteiger partial charge in [-0.1, -0.05) is 30.7 Å². The van der Waals surface area contributed by atoms with Gasteiger partial charge in [-0.3, -0.25) is 9.59 Å². The molecule has 126 valence electrons. The maximum atomic E-state index is 11.9. The molecular formula is C17H19ClN4O2. The molecule has 0 radical (unpaired) electrons. The molecule has 0 saturated heterocycles. The van der Waals surface area contributed by atoms with Crippen LogP contribution in [0.3, 0.4) is 0 Å². The highest BCUT2D eigenvalue weighted by Crippen LogP contribution is 2.37. The second-order valence-corrected chi connectivity index (χ2v) is 6.44. The number of anilines is 1. The molecule has 3 rings (SSSR count). The van der Waals surface area contributed by atoms with Crippen LogP contribution in [0, 0.1) is 11.8 Å². The van der Waals surface area contributed by atoms with Crippen LogP contribution in [0.4, 0.5) is 5.69 Å². The van der Waals surface area contributed by atoms with Gasteiger partial charge in [-0.05, 0) is 24.5 Å². The summed E-state index contributed by atoms with van der Waals surface area (Å²) in [5, 5.41) is 10.3. The second-order valence-electron chi connectivity index (χ2n) is 6.03. The van der Waals surface area contributed by atoms with E-state index in [4.69, 9.17) is 11.6 Å². The predicted octanol–water partition coefficient (Wildman–Crippen LogP) is 2.63. The highest BCUT2D eigenvalue weighted by molar-refractivity contribution is 6.32.